The predicted octanol–water partition coefficient (Wildman–Crippen LogP) is 1.32. The monoisotopic (exact) mass is 400 g/mol. The van der Waals surface area contributed by atoms with Gasteiger partial charge in [-0.05, 0) is 38.5 Å². The Kier molecular flexibility index (Phi) is 8.00. The highest BCUT2D eigenvalue weighted by atomic mass is 32.2. The third-order valence-corrected chi connectivity index (χ3v) is 5.89. The van der Waals surface area contributed by atoms with E-state index in [1.54, 1.807) is 12.1 Å². The third-order valence-electron chi connectivity index (χ3n) is 4.08. The molecule has 7 nitrogen and oxygen atoms in total. The van der Waals surface area contributed by atoms with Crippen molar-refractivity contribution in [1.29, 1.82) is 0 Å². The number of rotatable bonds is 7. The summed E-state index contributed by atoms with van der Waals surface area (Å²) in [4.78, 5) is 4.38. The van der Waals surface area contributed by atoms with Gasteiger partial charge in [-0.3, -0.25) is 0 Å². The Morgan fingerprint density at radius 3 is 2.63 bits per heavy atom. The maximum absolute atomic E-state index is 13.2. The molecule has 152 valence electrons. The molecule has 0 saturated carbocycles. The Morgan fingerprint density at radius 2 is 2.00 bits per heavy atom. The van der Waals surface area contributed by atoms with Gasteiger partial charge in [0.1, 0.15) is 5.82 Å². The van der Waals surface area contributed by atoms with Crippen LogP contribution in [0.3, 0.4) is 0 Å². The third kappa shape index (κ3) is 7.08. The van der Waals surface area contributed by atoms with Crippen LogP contribution >= 0.6 is 0 Å². The lowest BCUT2D eigenvalue weighted by atomic mass is 10.2. The van der Waals surface area contributed by atoms with Crippen molar-refractivity contribution in [1.82, 2.24) is 14.9 Å². The first-order chi connectivity index (χ1) is 12.8. The molecular weight excluding hydrogens is 371 g/mol. The lowest BCUT2D eigenvalue weighted by Gasteiger charge is -2.34. The van der Waals surface area contributed by atoms with E-state index >= 15 is 0 Å². The summed E-state index contributed by atoms with van der Waals surface area (Å²) in [5, 5.41) is 6.10. The normalized spacial score (nSPS) is 21.9. The molecule has 1 aliphatic heterocycles. The lowest BCUT2D eigenvalue weighted by Crippen LogP contribution is -2.50. The zero-order chi connectivity index (χ0) is 19.9. The second-order valence-electron chi connectivity index (χ2n) is 6.64. The van der Waals surface area contributed by atoms with Gasteiger partial charge in [-0.15, -0.1) is 0 Å². The molecule has 2 N–H and O–H groups in total. The predicted molar refractivity (Wildman–Crippen MR) is 105 cm³/mol. The summed E-state index contributed by atoms with van der Waals surface area (Å²) in [6, 6.07) is 6.24. The van der Waals surface area contributed by atoms with Crippen LogP contribution in [0, 0.1) is 5.82 Å². The van der Waals surface area contributed by atoms with Crippen molar-refractivity contribution in [3.63, 3.8) is 0 Å². The maximum Gasteiger partial charge on any atom is 0.216 e. The number of halogens is 1. The van der Waals surface area contributed by atoms with Crippen molar-refractivity contribution in [2.24, 2.45) is 4.99 Å². The highest BCUT2D eigenvalue weighted by molar-refractivity contribution is 7.89. The van der Waals surface area contributed by atoms with E-state index in [9.17, 15) is 12.8 Å². The number of guanidine groups is 1. The van der Waals surface area contributed by atoms with Crippen molar-refractivity contribution >= 4 is 16.0 Å². The molecule has 0 radical (unpaired) electrons. The fraction of sp³-hybridized carbons (Fsp3) is 0.611. The molecule has 1 aliphatic rings. The fourth-order valence-corrected chi connectivity index (χ4v) is 4.43. The molecule has 2 rings (SSSR count). The Hall–Kier alpha value is -1.71. The molecule has 0 amide bonds. The minimum Gasteiger partial charge on any atom is -0.373 e. The van der Waals surface area contributed by atoms with Crippen molar-refractivity contribution in [2.75, 3.05) is 31.9 Å². The number of aliphatic imine (C=N–C) groups is 1. The second-order valence-corrected chi connectivity index (χ2v) is 8.73. The first kappa shape index (κ1) is 21.6. The van der Waals surface area contributed by atoms with Crippen LogP contribution < -0.4 is 10.6 Å². The Bertz CT molecular complexity index is 732. The number of morpholine rings is 1. The van der Waals surface area contributed by atoms with E-state index in [1.807, 2.05) is 20.8 Å². The summed E-state index contributed by atoms with van der Waals surface area (Å²) in [6.45, 7) is 7.60. The van der Waals surface area contributed by atoms with Gasteiger partial charge in [0.25, 0.3) is 0 Å². The van der Waals surface area contributed by atoms with Gasteiger partial charge in [-0.1, -0.05) is 12.1 Å². The van der Waals surface area contributed by atoms with E-state index in [2.05, 4.69) is 15.6 Å². The Morgan fingerprint density at radius 1 is 1.30 bits per heavy atom. The van der Waals surface area contributed by atoms with Gasteiger partial charge in [-0.2, -0.15) is 4.31 Å². The quantitative estimate of drug-likeness (QED) is 0.533. The average molecular weight is 401 g/mol. The van der Waals surface area contributed by atoms with Gasteiger partial charge in [0, 0.05) is 26.2 Å². The number of ether oxygens (including phenoxy) is 1. The van der Waals surface area contributed by atoms with Crippen LogP contribution in [-0.4, -0.2) is 62.8 Å². The van der Waals surface area contributed by atoms with Gasteiger partial charge >= 0.3 is 0 Å². The standard InChI is InChI=1S/C18H29FN4O3S/c1-4-20-18(22-11-16-6-5-7-17(19)10-16)21-8-9-27(24,25)23-12-14(2)26-15(3)13-23/h5-7,10,14-15H,4,8-9,11-13H2,1-3H3,(H2,20,21,22). The van der Waals surface area contributed by atoms with Crippen LogP contribution in [0.25, 0.3) is 0 Å². The molecule has 1 fully saturated rings. The first-order valence-electron chi connectivity index (χ1n) is 9.20. The second kappa shape index (κ2) is 10.0. The molecule has 1 saturated heterocycles. The summed E-state index contributed by atoms with van der Waals surface area (Å²) >= 11 is 0. The van der Waals surface area contributed by atoms with Crippen LogP contribution in [-0.2, 0) is 21.3 Å². The topological polar surface area (TPSA) is 83.0 Å². The van der Waals surface area contributed by atoms with E-state index in [0.29, 0.717) is 32.1 Å². The highest BCUT2D eigenvalue weighted by Gasteiger charge is 2.30. The van der Waals surface area contributed by atoms with Crippen LogP contribution in [0.4, 0.5) is 4.39 Å². The summed E-state index contributed by atoms with van der Waals surface area (Å²) < 4.78 is 45.4. The zero-order valence-corrected chi connectivity index (χ0v) is 16.9. The summed E-state index contributed by atoms with van der Waals surface area (Å²) in [6.07, 6.45) is -0.219. The number of nitrogens with one attached hydrogen (secondary N) is 2. The van der Waals surface area contributed by atoms with Gasteiger partial charge in [-0.25, -0.2) is 17.8 Å². The molecule has 1 aromatic carbocycles. The summed E-state index contributed by atoms with van der Waals surface area (Å²) in [5.41, 5.74) is 0.746. The summed E-state index contributed by atoms with van der Waals surface area (Å²) in [5.74, 6) is 0.165. The average Bonchev–Trinajstić information content (AvgIpc) is 2.59. The van der Waals surface area contributed by atoms with Crippen molar-refractivity contribution in [2.45, 2.75) is 39.5 Å². The van der Waals surface area contributed by atoms with E-state index in [-0.39, 0.29) is 30.3 Å². The van der Waals surface area contributed by atoms with E-state index in [1.165, 1.54) is 16.4 Å². The molecule has 0 aliphatic carbocycles. The molecule has 27 heavy (non-hydrogen) atoms. The largest absolute Gasteiger partial charge is 0.373 e. The van der Waals surface area contributed by atoms with Gasteiger partial charge in [0.05, 0.1) is 24.5 Å². The number of sulfonamides is 1. The Labute approximate surface area is 161 Å². The molecule has 0 aromatic heterocycles. The van der Waals surface area contributed by atoms with Crippen molar-refractivity contribution in [3.05, 3.63) is 35.6 Å². The molecule has 1 heterocycles. The zero-order valence-electron chi connectivity index (χ0n) is 16.1. The minimum atomic E-state index is -3.37. The van der Waals surface area contributed by atoms with Crippen LogP contribution in [0.2, 0.25) is 0 Å². The molecule has 2 unspecified atom stereocenters. The van der Waals surface area contributed by atoms with Crippen molar-refractivity contribution in [3.8, 4) is 0 Å². The van der Waals surface area contributed by atoms with Crippen LogP contribution in [0.15, 0.2) is 29.3 Å². The summed E-state index contributed by atoms with van der Waals surface area (Å²) in [7, 11) is -3.37. The van der Waals surface area contributed by atoms with Crippen molar-refractivity contribution < 1.29 is 17.5 Å². The fourth-order valence-electron chi connectivity index (χ4n) is 2.93. The number of hydrogen-bond donors (Lipinski definition) is 2. The number of benzene rings is 1. The van der Waals surface area contributed by atoms with Crippen LogP contribution in [0.5, 0.6) is 0 Å². The van der Waals surface area contributed by atoms with E-state index < -0.39 is 10.0 Å². The first-order valence-corrected chi connectivity index (χ1v) is 10.8. The van der Waals surface area contributed by atoms with Gasteiger partial charge in [0.2, 0.25) is 10.0 Å². The Balaban J connectivity index is 1.90. The molecule has 2 atom stereocenters. The lowest BCUT2D eigenvalue weighted by molar-refractivity contribution is -0.0440. The van der Waals surface area contributed by atoms with E-state index in [4.69, 9.17) is 4.74 Å². The molecular formula is C18H29FN4O3S. The number of nitrogens with zero attached hydrogens (tertiary/aromatic N) is 2. The smallest absolute Gasteiger partial charge is 0.216 e. The van der Waals surface area contributed by atoms with Gasteiger partial charge < -0.3 is 15.4 Å². The highest BCUT2D eigenvalue weighted by Crippen LogP contribution is 2.14. The maximum atomic E-state index is 13.2. The van der Waals surface area contributed by atoms with Gasteiger partial charge in [0.15, 0.2) is 5.96 Å². The van der Waals surface area contributed by atoms with E-state index in [0.717, 1.165) is 5.56 Å². The SMILES string of the molecule is CCNC(=NCc1cccc(F)c1)NCCS(=O)(=O)N1CC(C)OC(C)C1. The molecule has 0 spiro atoms. The number of hydrogen-bond acceptors (Lipinski definition) is 4. The minimum absolute atomic E-state index is 0.0309. The molecule has 1 aromatic rings. The molecule has 9 heteroatoms. The van der Waals surface area contributed by atoms with Crippen LogP contribution in [0.1, 0.15) is 26.3 Å². The molecule has 0 bridgehead atoms.